The van der Waals surface area contributed by atoms with Crippen molar-refractivity contribution in [3.05, 3.63) is 36.0 Å². The summed E-state index contributed by atoms with van der Waals surface area (Å²) in [6, 6.07) is 4.68. The number of aromatic nitrogens is 1. The predicted octanol–water partition coefficient (Wildman–Crippen LogP) is 2.63. The number of benzene rings is 1. The molecule has 1 heterocycles. The second-order valence-corrected chi connectivity index (χ2v) is 10.3. The molecule has 0 spiro atoms. The minimum Gasteiger partial charge on any atom is -0.467 e. The van der Waals surface area contributed by atoms with Gasteiger partial charge in [0, 0.05) is 29.9 Å². The van der Waals surface area contributed by atoms with Crippen LogP contribution < -0.4 is 21.3 Å². The molecular formula is C30H45N5O6. The van der Waals surface area contributed by atoms with E-state index in [-0.39, 0.29) is 18.9 Å². The van der Waals surface area contributed by atoms with Crippen LogP contribution in [-0.4, -0.2) is 66.4 Å². The topological polar surface area (TPSA) is 158 Å². The number of unbranched alkanes of at least 4 members (excludes halogenated alkanes) is 6. The van der Waals surface area contributed by atoms with Crippen molar-refractivity contribution in [1.29, 1.82) is 0 Å². The van der Waals surface area contributed by atoms with Gasteiger partial charge in [0.05, 0.1) is 13.7 Å². The smallest absolute Gasteiger partial charge is 0.328 e. The average molecular weight is 572 g/mol. The van der Waals surface area contributed by atoms with Gasteiger partial charge in [0.15, 0.2) is 0 Å². The van der Waals surface area contributed by atoms with Crippen LogP contribution in [0.25, 0.3) is 10.9 Å². The van der Waals surface area contributed by atoms with E-state index in [1.165, 1.54) is 46.6 Å². The van der Waals surface area contributed by atoms with Gasteiger partial charge in [-0.1, -0.05) is 63.6 Å². The van der Waals surface area contributed by atoms with Crippen LogP contribution in [0.2, 0.25) is 0 Å². The molecule has 2 rings (SSSR count). The number of para-hydroxylation sites is 1. The van der Waals surface area contributed by atoms with Crippen molar-refractivity contribution in [1.82, 2.24) is 26.3 Å². The lowest BCUT2D eigenvalue weighted by Gasteiger charge is -2.22. The number of carbonyl (C=O) groups is 5. The van der Waals surface area contributed by atoms with E-state index in [0.717, 1.165) is 35.7 Å². The van der Waals surface area contributed by atoms with Gasteiger partial charge in [-0.3, -0.25) is 19.2 Å². The summed E-state index contributed by atoms with van der Waals surface area (Å²) >= 11 is 0. The fourth-order valence-electron chi connectivity index (χ4n) is 4.44. The Labute approximate surface area is 241 Å². The van der Waals surface area contributed by atoms with Gasteiger partial charge in [-0.05, 0) is 31.9 Å². The van der Waals surface area contributed by atoms with Gasteiger partial charge >= 0.3 is 5.97 Å². The second kappa shape index (κ2) is 17.7. The summed E-state index contributed by atoms with van der Waals surface area (Å²) in [5.41, 5.74) is 1.69. The minimum atomic E-state index is -1.02. The first-order valence-electron chi connectivity index (χ1n) is 14.5. The zero-order valence-corrected chi connectivity index (χ0v) is 24.6. The first-order chi connectivity index (χ1) is 19.7. The quantitative estimate of drug-likeness (QED) is 0.137. The van der Waals surface area contributed by atoms with Crippen molar-refractivity contribution in [3.63, 3.8) is 0 Å². The van der Waals surface area contributed by atoms with E-state index in [1.807, 2.05) is 24.3 Å². The number of fused-ring (bicyclic) bond motifs is 1. The molecule has 0 bridgehead atoms. The molecule has 2 aromatic rings. The van der Waals surface area contributed by atoms with Crippen LogP contribution in [0, 0.1) is 0 Å². The molecule has 226 valence electrons. The largest absolute Gasteiger partial charge is 0.467 e. The standard InChI is InChI=1S/C30H45N5O6/c1-5-6-7-8-9-10-11-16-26(36)32-19-27(37)35-25(17-22-18-31-24-15-13-12-14-23(22)24)29(39)33-20(2)28(38)34-21(3)30(40)41-4/h12-15,18,20-21,25,31H,5-11,16-17,19H2,1-4H3,(H,32,36)(H,33,39)(H,34,38)(H,35,37). The highest BCUT2D eigenvalue weighted by molar-refractivity contribution is 5.94. The number of methoxy groups -OCH3 is 1. The highest BCUT2D eigenvalue weighted by Crippen LogP contribution is 2.19. The molecule has 41 heavy (non-hydrogen) atoms. The third kappa shape index (κ3) is 11.6. The summed E-state index contributed by atoms with van der Waals surface area (Å²) in [6.45, 7) is 4.86. The fraction of sp³-hybridized carbons (Fsp3) is 0.567. The van der Waals surface area contributed by atoms with E-state index in [0.29, 0.717) is 6.42 Å². The van der Waals surface area contributed by atoms with Gasteiger partial charge in [0.2, 0.25) is 23.6 Å². The van der Waals surface area contributed by atoms with Crippen molar-refractivity contribution in [2.24, 2.45) is 0 Å². The van der Waals surface area contributed by atoms with Crippen LogP contribution in [0.5, 0.6) is 0 Å². The van der Waals surface area contributed by atoms with Crippen LogP contribution in [0.15, 0.2) is 30.5 Å². The van der Waals surface area contributed by atoms with Crippen LogP contribution in [-0.2, 0) is 35.1 Å². The van der Waals surface area contributed by atoms with E-state index >= 15 is 0 Å². The Balaban J connectivity index is 1.96. The summed E-state index contributed by atoms with van der Waals surface area (Å²) in [5.74, 6) is -2.50. The van der Waals surface area contributed by atoms with Gasteiger partial charge in [-0.2, -0.15) is 0 Å². The third-order valence-electron chi connectivity index (χ3n) is 6.87. The molecule has 0 aliphatic heterocycles. The van der Waals surface area contributed by atoms with Crippen molar-refractivity contribution in [2.75, 3.05) is 13.7 Å². The number of hydrogen-bond donors (Lipinski definition) is 5. The summed E-state index contributed by atoms with van der Waals surface area (Å²) in [5, 5.41) is 11.3. The van der Waals surface area contributed by atoms with Crippen LogP contribution in [0.4, 0.5) is 0 Å². The van der Waals surface area contributed by atoms with E-state index < -0.39 is 41.8 Å². The van der Waals surface area contributed by atoms with Gasteiger partial charge in [0.25, 0.3) is 0 Å². The van der Waals surface area contributed by atoms with Crippen molar-refractivity contribution >= 4 is 40.5 Å². The Morgan fingerprint density at radius 1 is 0.829 bits per heavy atom. The van der Waals surface area contributed by atoms with Crippen LogP contribution >= 0.6 is 0 Å². The Morgan fingerprint density at radius 2 is 1.49 bits per heavy atom. The number of H-pyrrole nitrogens is 1. The normalized spacial score (nSPS) is 13.1. The second-order valence-electron chi connectivity index (χ2n) is 10.3. The highest BCUT2D eigenvalue weighted by atomic mass is 16.5. The zero-order chi connectivity index (χ0) is 30.2. The molecule has 0 fully saturated rings. The van der Waals surface area contributed by atoms with Crippen molar-refractivity contribution in [2.45, 2.75) is 96.7 Å². The van der Waals surface area contributed by atoms with E-state index in [2.05, 4.69) is 37.9 Å². The molecule has 0 saturated heterocycles. The molecule has 11 nitrogen and oxygen atoms in total. The lowest BCUT2D eigenvalue weighted by Crippen LogP contribution is -2.55. The number of carbonyl (C=O) groups excluding carboxylic acids is 5. The van der Waals surface area contributed by atoms with Crippen LogP contribution in [0.3, 0.4) is 0 Å². The number of esters is 1. The Kier molecular flexibility index (Phi) is 14.4. The first-order valence-corrected chi connectivity index (χ1v) is 14.5. The molecule has 3 unspecified atom stereocenters. The molecule has 11 heteroatoms. The maximum Gasteiger partial charge on any atom is 0.328 e. The number of aromatic amines is 1. The molecule has 0 aliphatic rings. The number of rotatable bonds is 18. The number of nitrogens with one attached hydrogen (secondary N) is 5. The Morgan fingerprint density at radius 3 is 2.20 bits per heavy atom. The average Bonchev–Trinajstić information content (AvgIpc) is 3.37. The third-order valence-corrected chi connectivity index (χ3v) is 6.87. The monoisotopic (exact) mass is 571 g/mol. The lowest BCUT2D eigenvalue weighted by atomic mass is 10.0. The minimum absolute atomic E-state index is 0.153. The van der Waals surface area contributed by atoms with Gasteiger partial charge in [-0.15, -0.1) is 0 Å². The molecule has 5 N–H and O–H groups in total. The number of hydrogen-bond acceptors (Lipinski definition) is 6. The first kappa shape index (κ1) is 33.3. The number of ether oxygens (including phenoxy) is 1. The van der Waals surface area contributed by atoms with E-state index in [9.17, 15) is 24.0 Å². The molecule has 0 aliphatic carbocycles. The molecule has 1 aromatic heterocycles. The lowest BCUT2D eigenvalue weighted by molar-refractivity contribution is -0.144. The Bertz CT molecular complexity index is 1160. The van der Waals surface area contributed by atoms with Gasteiger partial charge in [0.1, 0.15) is 18.1 Å². The molecule has 4 amide bonds. The van der Waals surface area contributed by atoms with Crippen molar-refractivity contribution in [3.8, 4) is 0 Å². The molecular weight excluding hydrogens is 526 g/mol. The summed E-state index contributed by atoms with van der Waals surface area (Å²) in [7, 11) is 1.21. The molecule has 1 aromatic carbocycles. The zero-order valence-electron chi connectivity index (χ0n) is 24.6. The highest BCUT2D eigenvalue weighted by Gasteiger charge is 2.27. The SMILES string of the molecule is CCCCCCCCCC(=O)NCC(=O)NC(Cc1c[nH]c2ccccc12)C(=O)NC(C)C(=O)NC(C)C(=O)OC. The van der Waals surface area contributed by atoms with Crippen molar-refractivity contribution < 1.29 is 28.7 Å². The van der Waals surface area contributed by atoms with E-state index in [4.69, 9.17) is 0 Å². The molecule has 3 atom stereocenters. The summed E-state index contributed by atoms with van der Waals surface area (Å²) in [4.78, 5) is 65.5. The predicted molar refractivity (Wildman–Crippen MR) is 157 cm³/mol. The van der Waals surface area contributed by atoms with Crippen LogP contribution in [0.1, 0.15) is 77.7 Å². The summed E-state index contributed by atoms with van der Waals surface area (Å²) < 4.78 is 4.61. The molecule has 0 radical (unpaired) electrons. The maximum atomic E-state index is 13.2. The van der Waals surface area contributed by atoms with E-state index in [1.54, 1.807) is 6.20 Å². The fourth-order valence-corrected chi connectivity index (χ4v) is 4.44. The van der Waals surface area contributed by atoms with Gasteiger partial charge < -0.3 is 31.0 Å². The summed E-state index contributed by atoms with van der Waals surface area (Å²) in [6.07, 6.45) is 9.91. The van der Waals surface area contributed by atoms with Gasteiger partial charge in [-0.25, -0.2) is 4.79 Å². The Hall–Kier alpha value is -3.89. The molecule has 0 saturated carbocycles. The number of amides is 4. The maximum absolute atomic E-state index is 13.2.